The highest BCUT2D eigenvalue weighted by atomic mass is 16.5. The van der Waals surface area contributed by atoms with E-state index in [9.17, 15) is 9.90 Å². The molecule has 6 nitrogen and oxygen atoms in total. The fourth-order valence-electron chi connectivity index (χ4n) is 1.40. The van der Waals surface area contributed by atoms with Crippen LogP contribution in [0.1, 0.15) is 27.7 Å². The lowest BCUT2D eigenvalue weighted by Crippen LogP contribution is -2.46. The highest BCUT2D eigenvalue weighted by Gasteiger charge is 2.14. The van der Waals surface area contributed by atoms with Crippen LogP contribution in [0.4, 0.5) is 0 Å². The minimum Gasteiger partial charge on any atom is -0.389 e. The maximum absolute atomic E-state index is 11.7. The van der Waals surface area contributed by atoms with Crippen LogP contribution in [-0.4, -0.2) is 62.7 Å². The maximum atomic E-state index is 11.7. The standard InChI is InChI=1S/C14H30N2O4/c1-5-19-6-7-20-10-13(17)9-15-12(4)14(18)16-8-11(2)3/h11-13,15,17H,5-10H2,1-4H3,(H,16,18). The van der Waals surface area contributed by atoms with Gasteiger partial charge in [0.2, 0.25) is 5.91 Å². The number of carbonyl (C=O) groups excluding carboxylic acids is 1. The molecule has 0 aliphatic heterocycles. The first kappa shape index (κ1) is 19.3. The van der Waals surface area contributed by atoms with E-state index in [4.69, 9.17) is 9.47 Å². The largest absolute Gasteiger partial charge is 0.389 e. The number of aliphatic hydroxyl groups excluding tert-OH is 1. The molecule has 120 valence electrons. The fraction of sp³-hybridized carbons (Fsp3) is 0.929. The van der Waals surface area contributed by atoms with Gasteiger partial charge in [0.05, 0.1) is 32.0 Å². The van der Waals surface area contributed by atoms with Crippen molar-refractivity contribution in [2.75, 3.05) is 39.5 Å². The number of aliphatic hydroxyl groups is 1. The van der Waals surface area contributed by atoms with Gasteiger partial charge in [0.1, 0.15) is 0 Å². The van der Waals surface area contributed by atoms with Gasteiger partial charge in [0.15, 0.2) is 0 Å². The predicted octanol–water partition coefficient (Wildman–Crippen LogP) is 0.151. The van der Waals surface area contributed by atoms with Gasteiger partial charge in [-0.25, -0.2) is 0 Å². The molecular weight excluding hydrogens is 260 g/mol. The zero-order valence-corrected chi connectivity index (χ0v) is 13.1. The average molecular weight is 290 g/mol. The molecule has 0 fully saturated rings. The smallest absolute Gasteiger partial charge is 0.236 e. The van der Waals surface area contributed by atoms with Crippen LogP contribution in [0.5, 0.6) is 0 Å². The molecule has 0 aliphatic carbocycles. The minimum atomic E-state index is -0.628. The number of hydrogen-bond donors (Lipinski definition) is 3. The summed E-state index contributed by atoms with van der Waals surface area (Å²) in [4.78, 5) is 11.7. The Morgan fingerprint density at radius 3 is 2.40 bits per heavy atom. The number of rotatable bonds is 12. The van der Waals surface area contributed by atoms with Crippen LogP contribution >= 0.6 is 0 Å². The first-order valence-corrected chi connectivity index (χ1v) is 7.32. The molecule has 0 rings (SSSR count). The molecule has 0 aliphatic rings. The van der Waals surface area contributed by atoms with Gasteiger partial charge in [0, 0.05) is 19.7 Å². The molecule has 1 amide bonds. The van der Waals surface area contributed by atoms with Crippen LogP contribution < -0.4 is 10.6 Å². The van der Waals surface area contributed by atoms with Crippen molar-refractivity contribution in [3.8, 4) is 0 Å². The van der Waals surface area contributed by atoms with Crippen LogP contribution in [0.3, 0.4) is 0 Å². The molecule has 2 unspecified atom stereocenters. The van der Waals surface area contributed by atoms with Gasteiger partial charge >= 0.3 is 0 Å². The Kier molecular flexibility index (Phi) is 11.7. The van der Waals surface area contributed by atoms with Gasteiger partial charge in [-0.3, -0.25) is 4.79 Å². The molecule has 0 aromatic heterocycles. The second-order valence-corrected chi connectivity index (χ2v) is 5.19. The third kappa shape index (κ3) is 11.2. The maximum Gasteiger partial charge on any atom is 0.236 e. The third-order valence-electron chi connectivity index (χ3n) is 2.62. The summed E-state index contributed by atoms with van der Waals surface area (Å²) in [6, 6.07) is -0.327. The zero-order valence-electron chi connectivity index (χ0n) is 13.1. The quantitative estimate of drug-likeness (QED) is 0.446. The average Bonchev–Trinajstić information content (AvgIpc) is 2.41. The molecule has 0 spiro atoms. The van der Waals surface area contributed by atoms with E-state index in [-0.39, 0.29) is 18.6 Å². The molecule has 6 heteroatoms. The topological polar surface area (TPSA) is 79.8 Å². The molecule has 0 heterocycles. The molecule has 0 aromatic rings. The Labute approximate surface area is 122 Å². The minimum absolute atomic E-state index is 0.0526. The number of amides is 1. The summed E-state index contributed by atoms with van der Waals surface area (Å²) in [6.45, 7) is 10.7. The van der Waals surface area contributed by atoms with Crippen molar-refractivity contribution in [1.82, 2.24) is 10.6 Å². The number of carbonyl (C=O) groups is 1. The van der Waals surface area contributed by atoms with Crippen LogP contribution in [-0.2, 0) is 14.3 Å². The van der Waals surface area contributed by atoms with E-state index in [0.29, 0.717) is 38.8 Å². The highest BCUT2D eigenvalue weighted by Crippen LogP contribution is 1.91. The fourth-order valence-corrected chi connectivity index (χ4v) is 1.40. The van der Waals surface area contributed by atoms with Crippen LogP contribution in [0, 0.1) is 5.92 Å². The third-order valence-corrected chi connectivity index (χ3v) is 2.62. The van der Waals surface area contributed by atoms with E-state index < -0.39 is 6.10 Å². The van der Waals surface area contributed by atoms with Crippen molar-refractivity contribution in [2.24, 2.45) is 5.92 Å². The van der Waals surface area contributed by atoms with E-state index in [1.54, 1.807) is 6.92 Å². The van der Waals surface area contributed by atoms with Crippen LogP contribution in [0.15, 0.2) is 0 Å². The van der Waals surface area contributed by atoms with E-state index in [2.05, 4.69) is 10.6 Å². The van der Waals surface area contributed by atoms with Crippen molar-refractivity contribution in [3.63, 3.8) is 0 Å². The van der Waals surface area contributed by atoms with Gasteiger partial charge in [-0.15, -0.1) is 0 Å². The second kappa shape index (κ2) is 12.1. The molecule has 0 radical (unpaired) electrons. The summed E-state index contributed by atoms with van der Waals surface area (Å²) in [5, 5.41) is 15.5. The number of ether oxygens (including phenoxy) is 2. The van der Waals surface area contributed by atoms with Crippen molar-refractivity contribution < 1.29 is 19.4 Å². The normalized spacial score (nSPS) is 14.3. The summed E-state index contributed by atoms with van der Waals surface area (Å²) in [5.74, 6) is 0.374. The van der Waals surface area contributed by atoms with Gasteiger partial charge in [-0.2, -0.15) is 0 Å². The molecule has 2 atom stereocenters. The van der Waals surface area contributed by atoms with Crippen molar-refractivity contribution in [1.29, 1.82) is 0 Å². The lowest BCUT2D eigenvalue weighted by molar-refractivity contribution is -0.123. The van der Waals surface area contributed by atoms with Crippen molar-refractivity contribution in [3.05, 3.63) is 0 Å². The molecule has 0 saturated carbocycles. The lowest BCUT2D eigenvalue weighted by Gasteiger charge is -2.17. The van der Waals surface area contributed by atoms with Gasteiger partial charge in [0.25, 0.3) is 0 Å². The lowest BCUT2D eigenvalue weighted by atomic mass is 10.2. The summed E-state index contributed by atoms with van der Waals surface area (Å²) in [7, 11) is 0. The van der Waals surface area contributed by atoms with E-state index in [0.717, 1.165) is 0 Å². The SMILES string of the molecule is CCOCCOCC(O)CNC(C)C(=O)NCC(C)C. The summed E-state index contributed by atoms with van der Waals surface area (Å²) in [5.41, 5.74) is 0. The zero-order chi connectivity index (χ0) is 15.4. The van der Waals surface area contributed by atoms with Crippen molar-refractivity contribution in [2.45, 2.75) is 39.8 Å². The van der Waals surface area contributed by atoms with Crippen LogP contribution in [0.25, 0.3) is 0 Å². The Morgan fingerprint density at radius 2 is 1.80 bits per heavy atom. The molecule has 0 saturated heterocycles. The van der Waals surface area contributed by atoms with E-state index >= 15 is 0 Å². The molecule has 20 heavy (non-hydrogen) atoms. The molecule has 3 N–H and O–H groups in total. The predicted molar refractivity (Wildman–Crippen MR) is 78.6 cm³/mol. The Balaban J connectivity index is 3.61. The van der Waals surface area contributed by atoms with Gasteiger partial charge in [-0.05, 0) is 19.8 Å². The first-order valence-electron chi connectivity index (χ1n) is 7.32. The second-order valence-electron chi connectivity index (χ2n) is 5.19. The van der Waals surface area contributed by atoms with Crippen LogP contribution in [0.2, 0.25) is 0 Å². The number of hydrogen-bond acceptors (Lipinski definition) is 5. The summed E-state index contributed by atoms with van der Waals surface area (Å²) < 4.78 is 10.4. The number of nitrogens with one attached hydrogen (secondary N) is 2. The molecular formula is C14H30N2O4. The Hall–Kier alpha value is -0.690. The van der Waals surface area contributed by atoms with Gasteiger partial charge in [-0.1, -0.05) is 13.8 Å². The van der Waals surface area contributed by atoms with E-state index in [1.807, 2.05) is 20.8 Å². The molecule has 0 bridgehead atoms. The van der Waals surface area contributed by atoms with Crippen molar-refractivity contribution >= 4 is 5.91 Å². The Morgan fingerprint density at radius 1 is 1.15 bits per heavy atom. The molecule has 0 aromatic carbocycles. The highest BCUT2D eigenvalue weighted by molar-refractivity contribution is 5.81. The summed E-state index contributed by atoms with van der Waals surface area (Å²) >= 11 is 0. The van der Waals surface area contributed by atoms with Gasteiger partial charge < -0.3 is 25.2 Å². The first-order chi connectivity index (χ1) is 9.47. The monoisotopic (exact) mass is 290 g/mol. The summed E-state index contributed by atoms with van der Waals surface area (Å²) in [6.07, 6.45) is -0.628. The Bertz CT molecular complexity index is 249. The van der Waals surface area contributed by atoms with E-state index in [1.165, 1.54) is 0 Å².